The summed E-state index contributed by atoms with van der Waals surface area (Å²) in [6.45, 7) is 7.82. The van der Waals surface area contributed by atoms with Crippen molar-refractivity contribution in [2.24, 2.45) is 34.5 Å². The Morgan fingerprint density at radius 2 is 1.94 bits per heavy atom. The number of hydrogen-bond donors (Lipinski definition) is 2. The van der Waals surface area contributed by atoms with Gasteiger partial charge in [0.25, 0.3) is 0 Å². The first-order valence-electron chi connectivity index (χ1n) is 13.8. The zero-order valence-electron chi connectivity index (χ0n) is 21.0. The van der Waals surface area contributed by atoms with Gasteiger partial charge in [0.1, 0.15) is 6.61 Å². The fraction of sp³-hybridized carbons (Fsp3) is 0.893. The van der Waals surface area contributed by atoms with Crippen LogP contribution in [0.2, 0.25) is 0 Å². The van der Waals surface area contributed by atoms with Crippen molar-refractivity contribution in [1.29, 1.82) is 0 Å². The van der Waals surface area contributed by atoms with Crippen LogP contribution in [-0.4, -0.2) is 71.7 Å². The van der Waals surface area contributed by atoms with Gasteiger partial charge in [0, 0.05) is 24.1 Å². The highest BCUT2D eigenvalue weighted by Gasteiger charge is 2.67. The van der Waals surface area contributed by atoms with Crippen molar-refractivity contribution >= 4 is 5.97 Å². The van der Waals surface area contributed by atoms with Crippen LogP contribution in [0.4, 0.5) is 0 Å². The van der Waals surface area contributed by atoms with E-state index in [-0.39, 0.29) is 30.0 Å². The summed E-state index contributed by atoms with van der Waals surface area (Å²) in [5.74, 6) is 1.70. The van der Waals surface area contributed by atoms with Crippen molar-refractivity contribution in [3.05, 3.63) is 11.6 Å². The first kappa shape index (κ1) is 23.4. The Balaban J connectivity index is 1.22. The number of aliphatic hydroxyl groups is 2. The Morgan fingerprint density at radius 3 is 2.71 bits per heavy atom. The van der Waals surface area contributed by atoms with Crippen LogP contribution in [-0.2, 0) is 14.3 Å². The number of carbonyl (C=O) groups is 1. The van der Waals surface area contributed by atoms with Crippen molar-refractivity contribution in [2.45, 2.75) is 89.3 Å². The summed E-state index contributed by atoms with van der Waals surface area (Å²) in [5, 5.41) is 22.3. The van der Waals surface area contributed by atoms with Crippen molar-refractivity contribution in [2.75, 3.05) is 33.0 Å². The van der Waals surface area contributed by atoms with Gasteiger partial charge in [0.15, 0.2) is 0 Å². The van der Waals surface area contributed by atoms with E-state index in [0.717, 1.165) is 44.4 Å². The summed E-state index contributed by atoms with van der Waals surface area (Å²) in [6, 6.07) is 0.696. The van der Waals surface area contributed by atoms with E-state index in [0.29, 0.717) is 42.4 Å². The molecular formula is C28H43NO5. The minimum Gasteiger partial charge on any atom is -0.458 e. The van der Waals surface area contributed by atoms with E-state index in [1.807, 2.05) is 0 Å². The Kier molecular flexibility index (Phi) is 5.72. The molecule has 34 heavy (non-hydrogen) atoms. The molecule has 2 heterocycles. The predicted octanol–water partition coefficient (Wildman–Crippen LogP) is 3.31. The topological polar surface area (TPSA) is 79.2 Å². The highest BCUT2D eigenvalue weighted by atomic mass is 16.5. The Labute approximate surface area is 204 Å². The molecule has 1 saturated heterocycles. The molecule has 2 aliphatic heterocycles. The molecule has 4 aliphatic carbocycles. The van der Waals surface area contributed by atoms with Crippen molar-refractivity contribution in [1.82, 2.24) is 4.90 Å². The molecule has 0 spiro atoms. The third-order valence-corrected chi connectivity index (χ3v) is 11.9. The predicted molar refractivity (Wildman–Crippen MR) is 128 cm³/mol. The maximum atomic E-state index is 12.4. The number of morpholine rings is 1. The summed E-state index contributed by atoms with van der Waals surface area (Å²) in [5.41, 5.74) is 0.619. The number of aliphatic hydroxyl groups excluding tert-OH is 1. The van der Waals surface area contributed by atoms with Gasteiger partial charge >= 0.3 is 5.97 Å². The van der Waals surface area contributed by atoms with Crippen LogP contribution in [0.25, 0.3) is 0 Å². The molecule has 5 fully saturated rings. The van der Waals surface area contributed by atoms with Crippen LogP contribution in [0.1, 0.15) is 71.6 Å². The van der Waals surface area contributed by atoms with Gasteiger partial charge in [0.2, 0.25) is 0 Å². The molecule has 0 amide bonds. The van der Waals surface area contributed by atoms with Crippen molar-refractivity contribution in [3.8, 4) is 0 Å². The van der Waals surface area contributed by atoms with E-state index in [1.54, 1.807) is 6.08 Å². The number of esters is 1. The summed E-state index contributed by atoms with van der Waals surface area (Å²) in [7, 11) is 0. The maximum Gasteiger partial charge on any atom is 0.331 e. The first-order chi connectivity index (χ1) is 16.3. The lowest BCUT2D eigenvalue weighted by molar-refractivity contribution is -0.208. The molecule has 0 aromatic rings. The minimum absolute atomic E-state index is 0.145. The average molecular weight is 474 g/mol. The number of nitrogens with zero attached hydrogens (tertiary/aromatic N) is 1. The Bertz CT molecular complexity index is 860. The lowest BCUT2D eigenvalue weighted by Gasteiger charge is -2.64. The highest BCUT2D eigenvalue weighted by Crippen LogP contribution is 2.70. The fourth-order valence-corrected chi connectivity index (χ4v) is 9.99. The largest absolute Gasteiger partial charge is 0.458 e. The molecule has 6 nitrogen and oxygen atoms in total. The Morgan fingerprint density at radius 1 is 1.09 bits per heavy atom. The van der Waals surface area contributed by atoms with Gasteiger partial charge in [0.05, 0.1) is 31.5 Å². The minimum atomic E-state index is -0.635. The molecular weight excluding hydrogens is 430 g/mol. The van der Waals surface area contributed by atoms with Crippen LogP contribution in [0, 0.1) is 34.5 Å². The number of cyclic esters (lactones) is 1. The average Bonchev–Trinajstić information content (AvgIpc) is 3.38. The van der Waals surface area contributed by atoms with Crippen LogP contribution in [0.3, 0.4) is 0 Å². The molecule has 0 radical (unpaired) electrons. The number of hydrogen-bond acceptors (Lipinski definition) is 6. The van der Waals surface area contributed by atoms with E-state index in [2.05, 4.69) is 18.7 Å². The van der Waals surface area contributed by atoms with Crippen LogP contribution < -0.4 is 0 Å². The zero-order chi connectivity index (χ0) is 23.7. The molecule has 0 bridgehead atoms. The molecule has 0 aromatic heterocycles. The van der Waals surface area contributed by atoms with Gasteiger partial charge in [-0.25, -0.2) is 4.79 Å². The maximum absolute atomic E-state index is 12.4. The lowest BCUT2D eigenvalue weighted by atomic mass is 9.43. The third kappa shape index (κ3) is 3.24. The zero-order valence-corrected chi connectivity index (χ0v) is 21.0. The second-order valence-corrected chi connectivity index (χ2v) is 12.9. The standard InChI is InChI=1S/C28H43NO5/c1-26-8-5-20(29-11-12-33-17-21(29)15-30)14-19(26)3-4-24-23(26)6-9-27(2)22(7-10-28(24,27)32)18-13-25(31)34-16-18/h13,19-24,30,32H,3-12,14-17H2,1-2H3/t19-,20+,21?,22-,23+,24-,26+,27-,28+/m1/s1. The molecule has 0 aromatic carbocycles. The lowest BCUT2D eigenvalue weighted by Crippen LogP contribution is -2.63. The Hall–Kier alpha value is -0.950. The van der Waals surface area contributed by atoms with Crippen LogP contribution in [0.15, 0.2) is 11.6 Å². The van der Waals surface area contributed by atoms with Gasteiger partial charge in [-0.3, -0.25) is 4.90 Å². The molecule has 6 rings (SSSR count). The van der Waals surface area contributed by atoms with Crippen molar-refractivity contribution < 1.29 is 24.5 Å². The van der Waals surface area contributed by atoms with Gasteiger partial charge in [-0.05, 0) is 92.4 Å². The number of carbonyl (C=O) groups excluding carboxylic acids is 1. The summed E-state index contributed by atoms with van der Waals surface area (Å²) >= 11 is 0. The molecule has 4 saturated carbocycles. The summed E-state index contributed by atoms with van der Waals surface area (Å²) in [4.78, 5) is 14.3. The quantitative estimate of drug-likeness (QED) is 0.613. The molecule has 2 N–H and O–H groups in total. The van der Waals surface area contributed by atoms with Gasteiger partial charge in [-0.15, -0.1) is 0 Å². The number of fused-ring (bicyclic) bond motifs is 5. The van der Waals surface area contributed by atoms with E-state index in [1.165, 1.54) is 32.1 Å². The van der Waals surface area contributed by atoms with Crippen LogP contribution in [0.5, 0.6) is 0 Å². The molecule has 6 heteroatoms. The van der Waals surface area contributed by atoms with E-state index >= 15 is 0 Å². The monoisotopic (exact) mass is 473 g/mol. The molecule has 190 valence electrons. The van der Waals surface area contributed by atoms with Gasteiger partial charge < -0.3 is 19.7 Å². The van der Waals surface area contributed by atoms with E-state index in [4.69, 9.17) is 9.47 Å². The number of ether oxygens (including phenoxy) is 2. The second-order valence-electron chi connectivity index (χ2n) is 12.9. The van der Waals surface area contributed by atoms with E-state index < -0.39 is 5.60 Å². The first-order valence-corrected chi connectivity index (χ1v) is 13.8. The van der Waals surface area contributed by atoms with Gasteiger partial charge in [-0.2, -0.15) is 0 Å². The van der Waals surface area contributed by atoms with Crippen molar-refractivity contribution in [3.63, 3.8) is 0 Å². The SMILES string of the molecule is C[C@]12CC[C@H](N3CCOCC3CO)C[C@H]1CC[C@@H]1[C@@H]2CC[C@]2(C)[C@@H](C3=CC(=O)OC3)CC[C@]12O. The normalized spacial score (nSPS) is 51.3. The smallest absolute Gasteiger partial charge is 0.331 e. The third-order valence-electron chi connectivity index (χ3n) is 11.9. The highest BCUT2D eigenvalue weighted by molar-refractivity contribution is 5.85. The fourth-order valence-electron chi connectivity index (χ4n) is 9.99. The molecule has 1 unspecified atom stereocenters. The summed E-state index contributed by atoms with van der Waals surface area (Å²) in [6.07, 6.45) is 11.7. The van der Waals surface area contributed by atoms with Crippen LogP contribution >= 0.6 is 0 Å². The molecule has 6 aliphatic rings. The molecule has 9 atom stereocenters. The second kappa shape index (κ2) is 8.29. The summed E-state index contributed by atoms with van der Waals surface area (Å²) < 4.78 is 10.9. The van der Waals surface area contributed by atoms with E-state index in [9.17, 15) is 15.0 Å². The van der Waals surface area contributed by atoms with Gasteiger partial charge in [-0.1, -0.05) is 13.8 Å². The number of rotatable bonds is 3.